The molecule has 0 amide bonds. The van der Waals surface area contributed by atoms with Crippen molar-refractivity contribution in [3.05, 3.63) is 0 Å². The maximum Gasteiger partial charge on any atom is 0.326 e. The second-order valence-electron chi connectivity index (χ2n) is 3.71. The number of carbonyl (C=O) groups is 1. The van der Waals surface area contributed by atoms with Gasteiger partial charge in [0.15, 0.2) is 0 Å². The molecular formula is C10H21NO2S. The molecule has 0 aliphatic heterocycles. The minimum atomic E-state index is -0.557. The molecule has 0 aromatic rings. The third-order valence-corrected chi connectivity index (χ3v) is 3.32. The smallest absolute Gasteiger partial charge is 0.326 e. The molecule has 0 aliphatic rings. The molecule has 4 heteroatoms. The van der Waals surface area contributed by atoms with Crippen molar-refractivity contribution in [2.24, 2.45) is 0 Å². The lowest BCUT2D eigenvalue weighted by molar-refractivity contribution is -0.146. The maximum absolute atomic E-state index is 11.5. The number of carbonyl (C=O) groups excluding carboxylic acids is 1. The van der Waals surface area contributed by atoms with E-state index in [0.29, 0.717) is 5.25 Å². The van der Waals surface area contributed by atoms with Crippen molar-refractivity contribution < 1.29 is 9.53 Å². The van der Waals surface area contributed by atoms with Crippen LogP contribution in [0.15, 0.2) is 0 Å². The van der Waals surface area contributed by atoms with Crippen LogP contribution in [0, 0.1) is 0 Å². The highest BCUT2D eigenvalue weighted by atomic mass is 32.2. The van der Waals surface area contributed by atoms with Gasteiger partial charge < -0.3 is 10.1 Å². The number of rotatable bonds is 6. The summed E-state index contributed by atoms with van der Waals surface area (Å²) in [4.78, 5) is 11.5. The number of nitrogens with one attached hydrogen (secondary N) is 1. The van der Waals surface area contributed by atoms with Crippen molar-refractivity contribution in [1.29, 1.82) is 0 Å². The molecule has 0 rings (SSSR count). The van der Waals surface area contributed by atoms with Gasteiger partial charge in [-0.3, -0.25) is 4.79 Å². The zero-order valence-corrected chi connectivity index (χ0v) is 10.5. The first-order chi connectivity index (χ1) is 6.46. The Labute approximate surface area is 91.0 Å². The fourth-order valence-corrected chi connectivity index (χ4v) is 2.02. The molecule has 1 atom stereocenters. The van der Waals surface area contributed by atoms with Crippen LogP contribution in [0.5, 0.6) is 0 Å². The van der Waals surface area contributed by atoms with Crippen LogP contribution in [-0.2, 0) is 9.53 Å². The van der Waals surface area contributed by atoms with Gasteiger partial charge in [0.2, 0.25) is 0 Å². The van der Waals surface area contributed by atoms with E-state index in [1.807, 2.05) is 13.8 Å². The van der Waals surface area contributed by atoms with E-state index >= 15 is 0 Å². The minimum absolute atomic E-state index is 0.187. The molecular weight excluding hydrogens is 198 g/mol. The molecule has 0 spiro atoms. The summed E-state index contributed by atoms with van der Waals surface area (Å²) < 4.78 is 4.79. The molecule has 0 heterocycles. The van der Waals surface area contributed by atoms with Crippen molar-refractivity contribution in [3.63, 3.8) is 0 Å². The summed E-state index contributed by atoms with van der Waals surface area (Å²) in [5.74, 6) is 0.554. The van der Waals surface area contributed by atoms with E-state index in [9.17, 15) is 4.79 Å². The van der Waals surface area contributed by atoms with E-state index in [0.717, 1.165) is 12.3 Å². The third-order valence-electron chi connectivity index (χ3n) is 1.91. The second kappa shape index (κ2) is 6.30. The number of likely N-dealkylation sites (N-methyl/N-ethyl adjacent to an activating group) is 1. The first-order valence-electron chi connectivity index (χ1n) is 4.91. The zero-order chi connectivity index (χ0) is 11.2. The molecule has 3 nitrogen and oxygen atoms in total. The standard InChI is InChI=1S/C10H21NO2S/c1-6-11-10(4,9(12)13-5)7-14-8(2)3/h8,11H,6-7H2,1-5H3. The summed E-state index contributed by atoms with van der Waals surface area (Å²) >= 11 is 1.76. The number of esters is 1. The van der Waals surface area contributed by atoms with Crippen molar-refractivity contribution >= 4 is 17.7 Å². The third kappa shape index (κ3) is 4.33. The molecule has 14 heavy (non-hydrogen) atoms. The Morgan fingerprint density at radius 1 is 1.57 bits per heavy atom. The van der Waals surface area contributed by atoms with Gasteiger partial charge >= 0.3 is 5.97 Å². The van der Waals surface area contributed by atoms with E-state index < -0.39 is 5.54 Å². The molecule has 0 aliphatic carbocycles. The fourth-order valence-electron chi connectivity index (χ4n) is 1.13. The van der Waals surface area contributed by atoms with E-state index in [2.05, 4.69) is 19.2 Å². The van der Waals surface area contributed by atoms with Gasteiger partial charge in [0.1, 0.15) is 5.54 Å². The summed E-state index contributed by atoms with van der Waals surface area (Å²) in [5.41, 5.74) is -0.557. The van der Waals surface area contributed by atoms with Gasteiger partial charge in [0.25, 0.3) is 0 Å². The molecule has 1 N–H and O–H groups in total. The molecule has 0 saturated heterocycles. The molecule has 1 unspecified atom stereocenters. The van der Waals surface area contributed by atoms with E-state index in [4.69, 9.17) is 4.74 Å². The average Bonchev–Trinajstić information content (AvgIpc) is 2.14. The number of methoxy groups -OCH3 is 1. The fraction of sp³-hybridized carbons (Fsp3) is 0.900. The molecule has 0 saturated carbocycles. The van der Waals surface area contributed by atoms with Crippen molar-refractivity contribution in [2.75, 3.05) is 19.4 Å². The van der Waals surface area contributed by atoms with E-state index in [1.54, 1.807) is 11.8 Å². The maximum atomic E-state index is 11.5. The predicted octanol–water partition coefficient (Wildman–Crippen LogP) is 1.67. The first kappa shape index (κ1) is 13.8. The molecule has 0 fully saturated rings. The van der Waals surface area contributed by atoms with Gasteiger partial charge in [-0.2, -0.15) is 11.8 Å². The van der Waals surface area contributed by atoms with Crippen LogP contribution in [0.25, 0.3) is 0 Å². The number of hydrogen-bond acceptors (Lipinski definition) is 4. The lowest BCUT2D eigenvalue weighted by Crippen LogP contribution is -2.52. The van der Waals surface area contributed by atoms with Crippen molar-refractivity contribution in [3.8, 4) is 0 Å². The van der Waals surface area contributed by atoms with E-state index in [1.165, 1.54) is 7.11 Å². The van der Waals surface area contributed by atoms with E-state index in [-0.39, 0.29) is 5.97 Å². The monoisotopic (exact) mass is 219 g/mol. The number of ether oxygens (including phenoxy) is 1. The molecule has 0 radical (unpaired) electrons. The largest absolute Gasteiger partial charge is 0.468 e. The second-order valence-corrected chi connectivity index (χ2v) is 5.28. The van der Waals surface area contributed by atoms with Gasteiger partial charge in [-0.15, -0.1) is 0 Å². The molecule has 84 valence electrons. The lowest BCUT2D eigenvalue weighted by atomic mass is 10.1. The molecule has 0 aromatic heterocycles. The Morgan fingerprint density at radius 2 is 2.14 bits per heavy atom. The summed E-state index contributed by atoms with van der Waals surface area (Å²) in [7, 11) is 1.43. The highest BCUT2D eigenvalue weighted by Gasteiger charge is 2.33. The Hall–Kier alpha value is -0.220. The van der Waals surface area contributed by atoms with Gasteiger partial charge in [-0.1, -0.05) is 20.8 Å². The normalized spacial score (nSPS) is 15.3. The van der Waals surface area contributed by atoms with Crippen LogP contribution in [-0.4, -0.2) is 36.2 Å². The quantitative estimate of drug-likeness (QED) is 0.690. The average molecular weight is 219 g/mol. The first-order valence-corrected chi connectivity index (χ1v) is 5.96. The van der Waals surface area contributed by atoms with Crippen LogP contribution in [0.4, 0.5) is 0 Å². The summed E-state index contributed by atoms with van der Waals surface area (Å²) in [6, 6.07) is 0. The summed E-state index contributed by atoms with van der Waals surface area (Å²) in [6.45, 7) is 8.88. The zero-order valence-electron chi connectivity index (χ0n) is 9.72. The van der Waals surface area contributed by atoms with Crippen LogP contribution in [0.1, 0.15) is 27.7 Å². The predicted molar refractivity (Wildman–Crippen MR) is 61.7 cm³/mol. The summed E-state index contributed by atoms with van der Waals surface area (Å²) in [6.07, 6.45) is 0. The van der Waals surface area contributed by atoms with Crippen LogP contribution in [0.3, 0.4) is 0 Å². The van der Waals surface area contributed by atoms with Crippen LogP contribution in [0.2, 0.25) is 0 Å². The van der Waals surface area contributed by atoms with Crippen molar-refractivity contribution in [2.45, 2.75) is 38.5 Å². The van der Waals surface area contributed by atoms with Crippen molar-refractivity contribution in [1.82, 2.24) is 5.32 Å². The Kier molecular flexibility index (Phi) is 6.20. The van der Waals surface area contributed by atoms with Crippen LogP contribution >= 0.6 is 11.8 Å². The molecule has 0 bridgehead atoms. The van der Waals surface area contributed by atoms with Gasteiger partial charge in [-0.25, -0.2) is 0 Å². The van der Waals surface area contributed by atoms with Gasteiger partial charge in [-0.05, 0) is 18.7 Å². The highest BCUT2D eigenvalue weighted by molar-refractivity contribution is 7.99. The summed E-state index contributed by atoms with van der Waals surface area (Å²) in [5, 5.41) is 3.70. The Balaban J connectivity index is 4.30. The Morgan fingerprint density at radius 3 is 2.50 bits per heavy atom. The molecule has 0 aromatic carbocycles. The Bertz CT molecular complexity index is 185. The number of hydrogen-bond donors (Lipinski definition) is 1. The van der Waals surface area contributed by atoms with Gasteiger partial charge in [0.05, 0.1) is 7.11 Å². The van der Waals surface area contributed by atoms with Gasteiger partial charge in [0, 0.05) is 5.75 Å². The highest BCUT2D eigenvalue weighted by Crippen LogP contribution is 2.18. The topological polar surface area (TPSA) is 38.3 Å². The minimum Gasteiger partial charge on any atom is -0.468 e. The van der Waals surface area contributed by atoms with Crippen LogP contribution < -0.4 is 5.32 Å². The number of thioether (sulfide) groups is 1. The SMILES string of the molecule is CCNC(C)(CSC(C)C)C(=O)OC. The lowest BCUT2D eigenvalue weighted by Gasteiger charge is -2.27.